The molecule has 1 rings (SSSR count). The molecule has 1 aliphatic heterocycles. The summed E-state index contributed by atoms with van der Waals surface area (Å²) in [6.45, 7) is 5.76. The van der Waals surface area contributed by atoms with E-state index in [2.05, 4.69) is 130 Å². The van der Waals surface area contributed by atoms with E-state index in [1.165, 1.54) is 57.8 Å². The topological polar surface area (TPSA) is 175 Å². The fourth-order valence-electron chi connectivity index (χ4n) is 9.34. The van der Waals surface area contributed by atoms with Gasteiger partial charge in [0.15, 0.2) is 24.6 Å². The molecule has 6 unspecified atom stereocenters. The molecule has 0 amide bonds. The molecule has 83 heavy (non-hydrogen) atoms. The van der Waals surface area contributed by atoms with Crippen LogP contribution in [-0.2, 0) is 42.9 Å². The van der Waals surface area contributed by atoms with E-state index in [1.807, 2.05) is 0 Å². The van der Waals surface area contributed by atoms with Gasteiger partial charge in [0.25, 0.3) is 0 Å². The first-order chi connectivity index (χ1) is 40.6. The fraction of sp³-hybridized carbons (Fsp3) is 0.690. The van der Waals surface area contributed by atoms with E-state index in [9.17, 15) is 34.5 Å². The maximum absolute atomic E-state index is 13.2. The van der Waals surface area contributed by atoms with E-state index >= 15 is 0 Å². The maximum Gasteiger partial charge on any atom is 0.335 e. The summed E-state index contributed by atoms with van der Waals surface area (Å²) in [5.41, 5.74) is 0. The normalized spacial score (nSPS) is 18.3. The Labute approximate surface area is 504 Å². The lowest BCUT2D eigenvalue weighted by Gasteiger charge is -2.40. The van der Waals surface area contributed by atoms with Crippen molar-refractivity contribution in [3.8, 4) is 0 Å². The van der Waals surface area contributed by atoms with Crippen molar-refractivity contribution < 1.29 is 58.2 Å². The number of aliphatic hydroxyl groups excluding tert-OH is 2. The molecule has 0 aromatic carbocycles. The number of carboxylic acids is 1. The van der Waals surface area contributed by atoms with Crippen LogP contribution in [-0.4, -0.2) is 89.2 Å². The molecule has 0 bridgehead atoms. The highest BCUT2D eigenvalue weighted by Crippen LogP contribution is 2.26. The van der Waals surface area contributed by atoms with E-state index in [-0.39, 0.29) is 25.9 Å². The van der Waals surface area contributed by atoms with Gasteiger partial charge < -0.3 is 39.0 Å². The van der Waals surface area contributed by atoms with Gasteiger partial charge in [-0.3, -0.25) is 14.4 Å². The number of unbranched alkanes of at least 4 members (excludes halogenated alkanes) is 23. The minimum atomic E-state index is -1.92. The van der Waals surface area contributed by atoms with Gasteiger partial charge in [0.2, 0.25) is 0 Å². The van der Waals surface area contributed by atoms with Crippen molar-refractivity contribution in [1.29, 1.82) is 0 Å². The Kier molecular flexibility index (Phi) is 53.2. The van der Waals surface area contributed by atoms with Crippen LogP contribution in [0.2, 0.25) is 0 Å². The summed E-state index contributed by atoms with van der Waals surface area (Å²) in [6, 6.07) is 0. The van der Waals surface area contributed by atoms with Gasteiger partial charge in [0.1, 0.15) is 18.8 Å². The monoisotopic (exact) mass is 1160 g/mol. The van der Waals surface area contributed by atoms with Gasteiger partial charge in [-0.1, -0.05) is 233 Å². The number of carbonyl (C=O) groups excluding carboxylic acids is 3. The minimum absolute atomic E-state index is 0.0365. The van der Waals surface area contributed by atoms with Crippen LogP contribution in [0.4, 0.5) is 0 Å². The molecular formula is C71H116O12. The average molecular weight is 1160 g/mol. The summed E-state index contributed by atoms with van der Waals surface area (Å²) in [5.74, 6) is -3.18. The number of hydrogen-bond donors (Lipinski definition) is 3. The summed E-state index contributed by atoms with van der Waals surface area (Å²) in [4.78, 5) is 51.4. The van der Waals surface area contributed by atoms with E-state index < -0.39 is 67.3 Å². The Hall–Kier alpha value is -4.62. The van der Waals surface area contributed by atoms with Gasteiger partial charge >= 0.3 is 23.9 Å². The number of aliphatic carboxylic acids is 1. The molecule has 0 saturated carbocycles. The summed E-state index contributed by atoms with van der Waals surface area (Å²) < 4.78 is 28.5. The van der Waals surface area contributed by atoms with Gasteiger partial charge in [0, 0.05) is 19.3 Å². The van der Waals surface area contributed by atoms with Crippen molar-refractivity contribution in [2.24, 2.45) is 0 Å². The summed E-state index contributed by atoms with van der Waals surface area (Å²) in [6.07, 6.45) is 66.1. The first-order valence-electron chi connectivity index (χ1n) is 32.9. The number of carbonyl (C=O) groups is 4. The molecule has 12 nitrogen and oxygen atoms in total. The van der Waals surface area contributed by atoms with E-state index in [1.54, 1.807) is 0 Å². The Morgan fingerprint density at radius 2 is 0.759 bits per heavy atom. The second-order valence-electron chi connectivity index (χ2n) is 22.0. The van der Waals surface area contributed by atoms with Gasteiger partial charge in [-0.05, 0) is 122 Å². The molecule has 0 aromatic heterocycles. The Bertz CT molecular complexity index is 1860. The Balaban J connectivity index is 2.69. The third-order valence-corrected chi connectivity index (χ3v) is 14.3. The molecule has 0 spiro atoms. The first-order valence-corrected chi connectivity index (χ1v) is 32.9. The fourth-order valence-corrected chi connectivity index (χ4v) is 9.34. The van der Waals surface area contributed by atoms with E-state index in [0.29, 0.717) is 19.3 Å². The van der Waals surface area contributed by atoms with Crippen LogP contribution in [0.25, 0.3) is 0 Å². The number of allylic oxidation sites excluding steroid dienone is 18. The minimum Gasteiger partial charge on any atom is -0.479 e. The summed E-state index contributed by atoms with van der Waals surface area (Å²) in [7, 11) is 0. The second-order valence-corrected chi connectivity index (χ2v) is 22.0. The van der Waals surface area contributed by atoms with Crippen LogP contribution in [0, 0.1) is 0 Å². The van der Waals surface area contributed by atoms with Crippen molar-refractivity contribution in [2.45, 2.75) is 302 Å². The van der Waals surface area contributed by atoms with Gasteiger partial charge in [-0.15, -0.1) is 0 Å². The average Bonchev–Trinajstić information content (AvgIpc) is 3.55. The Morgan fingerprint density at radius 1 is 0.410 bits per heavy atom. The highest BCUT2D eigenvalue weighted by atomic mass is 16.7. The van der Waals surface area contributed by atoms with Crippen LogP contribution in [0.15, 0.2) is 109 Å². The largest absolute Gasteiger partial charge is 0.479 e. The highest BCUT2D eigenvalue weighted by Gasteiger charge is 2.50. The van der Waals surface area contributed by atoms with E-state index in [0.717, 1.165) is 148 Å². The third-order valence-electron chi connectivity index (χ3n) is 14.3. The van der Waals surface area contributed by atoms with Gasteiger partial charge in [0.05, 0.1) is 6.61 Å². The number of rotatable bonds is 55. The standard InChI is InChI=1S/C71H116O12/c1-4-7-10-13-16-19-22-25-28-31-32-35-38-41-44-47-50-53-56-59-65(74)82-69-67(76)66(75)68(70(77)78)83-71(69)80-61-62(81-64(73)58-55-52-49-46-43-40-37-34-30-27-24-21-18-15-12-9-6-3)60-79-63(72)57-54-51-48-45-42-39-36-33-29-26-23-20-17-14-11-8-5-2/h7-8,10-11,16-17,19-20,25-30,32,35-36,39,62,66-69,71,75-76H,4-6,9,12-15,18,21-24,31,33-34,37-38,40-61H2,1-3H3,(H,77,78)/b10-7-,11-8-,19-16-,20-17-,28-25-,29-26-,30-27-,35-32-,39-36-. The lowest BCUT2D eigenvalue weighted by molar-refractivity contribution is -0.301. The molecule has 3 N–H and O–H groups in total. The van der Waals surface area contributed by atoms with Crippen LogP contribution in [0.1, 0.15) is 265 Å². The smallest absolute Gasteiger partial charge is 0.335 e. The van der Waals surface area contributed by atoms with E-state index in [4.69, 9.17) is 23.7 Å². The second kappa shape index (κ2) is 57.8. The molecule has 472 valence electrons. The highest BCUT2D eigenvalue weighted by molar-refractivity contribution is 5.74. The molecular weight excluding hydrogens is 1040 g/mol. The molecule has 0 radical (unpaired) electrons. The molecule has 1 aliphatic rings. The third kappa shape index (κ3) is 47.3. The van der Waals surface area contributed by atoms with Crippen molar-refractivity contribution in [3.63, 3.8) is 0 Å². The van der Waals surface area contributed by atoms with Gasteiger partial charge in [-0.2, -0.15) is 0 Å². The van der Waals surface area contributed by atoms with Gasteiger partial charge in [-0.25, -0.2) is 4.79 Å². The van der Waals surface area contributed by atoms with Crippen LogP contribution >= 0.6 is 0 Å². The molecule has 1 saturated heterocycles. The van der Waals surface area contributed by atoms with Crippen LogP contribution in [0.3, 0.4) is 0 Å². The SMILES string of the molecule is CC/C=C\C/C=C\C/C=C\C/C=C\CCCCCCCCC(=O)OC1C(OCC(COC(=O)CCCCCC/C=C\C/C=C\C/C=C\C/C=C\CC)OC(=O)CCCCCCCCC/C=C\CCCCCCCC)OC(C(=O)O)C(O)C1O. The predicted octanol–water partition coefficient (Wildman–Crippen LogP) is 17.8. The Morgan fingerprint density at radius 3 is 1.17 bits per heavy atom. The number of aliphatic hydroxyl groups is 2. The lowest BCUT2D eigenvalue weighted by Crippen LogP contribution is -2.61. The van der Waals surface area contributed by atoms with Crippen LogP contribution in [0.5, 0.6) is 0 Å². The number of hydrogen-bond acceptors (Lipinski definition) is 11. The zero-order valence-corrected chi connectivity index (χ0v) is 52.2. The van der Waals surface area contributed by atoms with Crippen molar-refractivity contribution in [3.05, 3.63) is 109 Å². The van der Waals surface area contributed by atoms with Crippen molar-refractivity contribution in [1.82, 2.24) is 0 Å². The molecule has 12 heteroatoms. The summed E-state index contributed by atoms with van der Waals surface area (Å²) in [5, 5.41) is 31.6. The first kappa shape index (κ1) is 76.4. The van der Waals surface area contributed by atoms with Crippen molar-refractivity contribution >= 4 is 23.9 Å². The maximum atomic E-state index is 13.2. The number of carboxylic acid groups (broad SMARTS) is 1. The van der Waals surface area contributed by atoms with Crippen molar-refractivity contribution in [2.75, 3.05) is 13.2 Å². The summed E-state index contributed by atoms with van der Waals surface area (Å²) >= 11 is 0. The molecule has 1 heterocycles. The van der Waals surface area contributed by atoms with Crippen LogP contribution < -0.4 is 0 Å². The molecule has 6 atom stereocenters. The molecule has 0 aromatic rings. The number of esters is 3. The number of ether oxygens (including phenoxy) is 5. The zero-order valence-electron chi connectivity index (χ0n) is 52.2. The zero-order chi connectivity index (χ0) is 60.3. The quantitative estimate of drug-likeness (QED) is 0.0228. The molecule has 1 fully saturated rings. The lowest BCUT2D eigenvalue weighted by atomic mass is 9.98. The predicted molar refractivity (Wildman–Crippen MR) is 340 cm³/mol. The molecule has 0 aliphatic carbocycles.